The van der Waals surface area contributed by atoms with Crippen molar-refractivity contribution in [2.75, 3.05) is 65.4 Å². The third-order valence-corrected chi connectivity index (χ3v) is 10.9. The summed E-state index contributed by atoms with van der Waals surface area (Å²) in [6.45, 7) is 18.0. The Kier molecular flexibility index (Phi) is 10.5. The van der Waals surface area contributed by atoms with Crippen LogP contribution in [0.4, 0.5) is 13.2 Å². The first kappa shape index (κ1) is 34.5. The summed E-state index contributed by atoms with van der Waals surface area (Å²) in [7, 11) is 0. The van der Waals surface area contributed by atoms with E-state index in [1.165, 1.54) is 16.5 Å². The Morgan fingerprint density at radius 2 is 1.75 bits per heavy atom. The van der Waals surface area contributed by atoms with E-state index in [2.05, 4.69) is 60.8 Å². The van der Waals surface area contributed by atoms with Gasteiger partial charge in [-0.2, -0.15) is 18.4 Å². The number of nitrogens with one attached hydrogen (secondary N) is 1. The van der Waals surface area contributed by atoms with Gasteiger partial charge in [0.25, 0.3) is 0 Å². The summed E-state index contributed by atoms with van der Waals surface area (Å²) in [6.07, 6.45) is 4.25. The first-order chi connectivity index (χ1) is 23.1. The maximum atomic E-state index is 13.1. The Bertz CT molecular complexity index is 1630. The van der Waals surface area contributed by atoms with E-state index < -0.39 is 12.6 Å². The first-order valence-corrected chi connectivity index (χ1v) is 17.7. The van der Waals surface area contributed by atoms with Crippen LogP contribution in [-0.4, -0.2) is 96.6 Å². The fraction of sp³-hybridized carbons (Fsp3) is 0.579. The van der Waals surface area contributed by atoms with Crippen LogP contribution >= 0.6 is 0 Å². The van der Waals surface area contributed by atoms with Gasteiger partial charge in [-0.05, 0) is 107 Å². The number of allylic oxidation sites excluding steroid dienone is 6. The van der Waals surface area contributed by atoms with E-state index in [0.717, 1.165) is 126 Å². The molecule has 258 valence electrons. The number of nitrogens with zero attached hydrogens (tertiary/aromatic N) is 6. The third-order valence-electron chi connectivity index (χ3n) is 10.9. The molecule has 3 aliphatic heterocycles. The summed E-state index contributed by atoms with van der Waals surface area (Å²) in [5.41, 5.74) is 7.65. The fourth-order valence-electron chi connectivity index (χ4n) is 8.00. The van der Waals surface area contributed by atoms with Crippen LogP contribution in [0.2, 0.25) is 0 Å². The quantitative estimate of drug-likeness (QED) is 0.292. The van der Waals surface area contributed by atoms with Crippen LogP contribution in [0.15, 0.2) is 58.3 Å². The van der Waals surface area contributed by atoms with Gasteiger partial charge in [0.1, 0.15) is 11.8 Å². The lowest BCUT2D eigenvalue weighted by atomic mass is 9.71. The molecule has 2 aromatic rings. The monoisotopic (exact) mass is 661 g/mol. The summed E-state index contributed by atoms with van der Waals surface area (Å²) in [5.74, 6) is 0. The molecule has 7 nitrogen and oxygen atoms in total. The van der Waals surface area contributed by atoms with Crippen molar-refractivity contribution in [1.82, 2.24) is 24.6 Å². The van der Waals surface area contributed by atoms with Gasteiger partial charge < -0.3 is 19.7 Å². The van der Waals surface area contributed by atoms with Crippen molar-refractivity contribution in [3.63, 3.8) is 0 Å². The van der Waals surface area contributed by atoms with E-state index in [9.17, 15) is 18.4 Å². The molecule has 6 rings (SSSR count). The Balaban J connectivity index is 1.05. The topological polar surface area (TPSA) is 62.8 Å². The highest BCUT2D eigenvalue weighted by molar-refractivity contribution is 6.12. The number of alkyl halides is 3. The van der Waals surface area contributed by atoms with Crippen molar-refractivity contribution in [2.24, 2.45) is 10.4 Å². The van der Waals surface area contributed by atoms with E-state index in [0.29, 0.717) is 6.54 Å². The maximum Gasteiger partial charge on any atom is 0.393 e. The number of aromatic nitrogens is 1. The highest BCUT2D eigenvalue weighted by Gasteiger charge is 2.45. The number of benzene rings is 1. The molecule has 0 radical (unpaired) electrons. The van der Waals surface area contributed by atoms with Gasteiger partial charge in [-0.1, -0.05) is 12.1 Å². The normalized spacial score (nSPS) is 22.3. The zero-order valence-electron chi connectivity index (χ0n) is 28.8. The number of piperazine rings is 1. The molecule has 10 heteroatoms. The van der Waals surface area contributed by atoms with Gasteiger partial charge in [0.2, 0.25) is 0 Å². The van der Waals surface area contributed by atoms with Gasteiger partial charge in [0.15, 0.2) is 0 Å². The van der Waals surface area contributed by atoms with Crippen LogP contribution in [0.1, 0.15) is 62.8 Å². The van der Waals surface area contributed by atoms with E-state index in [1.807, 2.05) is 13.8 Å². The van der Waals surface area contributed by atoms with Gasteiger partial charge in [-0.25, -0.2) is 0 Å². The zero-order valence-corrected chi connectivity index (χ0v) is 28.8. The Hall–Kier alpha value is -3.39. The van der Waals surface area contributed by atoms with E-state index in [-0.39, 0.29) is 11.0 Å². The van der Waals surface area contributed by atoms with Crippen LogP contribution in [0.5, 0.6) is 0 Å². The van der Waals surface area contributed by atoms with Crippen molar-refractivity contribution in [2.45, 2.75) is 72.1 Å². The van der Waals surface area contributed by atoms with Crippen molar-refractivity contribution in [3.8, 4) is 6.07 Å². The van der Waals surface area contributed by atoms with Gasteiger partial charge in [-0.3, -0.25) is 9.89 Å². The molecule has 1 N–H and O–H groups in total. The molecule has 0 saturated carbocycles. The number of piperidine rings is 1. The molecule has 1 spiro atoms. The summed E-state index contributed by atoms with van der Waals surface area (Å²) in [5, 5.41) is 14.5. The summed E-state index contributed by atoms with van der Waals surface area (Å²) in [4.78, 5) is 12.0. The molecule has 1 aromatic heterocycles. The standard InChI is InChI=1S/C38H50F3N7/c1-4-44-35-9-7-30(23-38(39,40)41)21-34(35)29(3)47-26-37(27-47)11-17-46(18-12-37)25-31-8-10-36-33(28(31)2)22-32(24-42)48(36)16-6-5-15-45-19-13-43-14-20-45/h7-10,21-22,43H,4-6,11-20,23,25-27H2,1-3H3/b34-29+,44-35?. The molecular weight excluding hydrogens is 611 g/mol. The SMILES string of the molecule is CCN=C1C=CC(CC(F)(F)F)=C/C1=C(/C)N1CC2(CCN(Cc3ccc4c(cc(C#N)n4CCCCN4CCNCC4)c3C)CC2)C1. The molecule has 4 aliphatic rings. The average Bonchev–Trinajstić information content (AvgIpc) is 3.42. The van der Waals surface area contributed by atoms with Gasteiger partial charge in [0.05, 0.1) is 12.1 Å². The number of unbranched alkanes of at least 4 members (excludes halogenated alkanes) is 1. The Labute approximate surface area is 283 Å². The molecule has 0 amide bonds. The first-order valence-electron chi connectivity index (χ1n) is 17.7. The lowest BCUT2D eigenvalue weighted by Crippen LogP contribution is -2.59. The van der Waals surface area contributed by atoms with Gasteiger partial charge in [0, 0.05) is 86.5 Å². The fourth-order valence-corrected chi connectivity index (χ4v) is 8.00. The number of likely N-dealkylation sites (tertiary alicyclic amines) is 2. The summed E-state index contributed by atoms with van der Waals surface area (Å²) in [6, 6.07) is 9.00. The number of hydrogen-bond donors (Lipinski definition) is 1. The highest BCUT2D eigenvalue weighted by Crippen LogP contribution is 2.43. The van der Waals surface area contributed by atoms with Gasteiger partial charge >= 0.3 is 6.18 Å². The largest absolute Gasteiger partial charge is 0.393 e. The van der Waals surface area contributed by atoms with Crippen LogP contribution in [0, 0.1) is 23.7 Å². The van der Waals surface area contributed by atoms with Crippen LogP contribution < -0.4 is 5.32 Å². The van der Waals surface area contributed by atoms with Crippen LogP contribution in [-0.2, 0) is 13.1 Å². The molecule has 0 bridgehead atoms. The van der Waals surface area contributed by atoms with E-state index in [4.69, 9.17) is 0 Å². The minimum absolute atomic E-state index is 0.256. The van der Waals surface area contributed by atoms with Crippen LogP contribution in [0.25, 0.3) is 10.9 Å². The van der Waals surface area contributed by atoms with Crippen molar-refractivity contribution < 1.29 is 13.2 Å². The number of halogens is 3. The number of hydrogen-bond acceptors (Lipinski definition) is 6. The zero-order chi connectivity index (χ0) is 33.9. The molecule has 0 unspecified atom stereocenters. The molecule has 1 aromatic carbocycles. The minimum Gasteiger partial charge on any atom is -0.373 e. The molecule has 3 fully saturated rings. The number of fused-ring (bicyclic) bond motifs is 1. The maximum absolute atomic E-state index is 13.1. The number of nitriles is 1. The van der Waals surface area contributed by atoms with Crippen molar-refractivity contribution in [3.05, 3.63) is 70.1 Å². The Morgan fingerprint density at radius 3 is 2.44 bits per heavy atom. The Morgan fingerprint density at radius 1 is 1.02 bits per heavy atom. The predicted molar refractivity (Wildman–Crippen MR) is 187 cm³/mol. The third kappa shape index (κ3) is 7.74. The van der Waals surface area contributed by atoms with Crippen molar-refractivity contribution in [1.29, 1.82) is 5.26 Å². The number of aliphatic imine (C=N–C) groups is 1. The van der Waals surface area contributed by atoms with Crippen LogP contribution in [0.3, 0.4) is 0 Å². The lowest BCUT2D eigenvalue weighted by Gasteiger charge is -2.55. The predicted octanol–water partition coefficient (Wildman–Crippen LogP) is 6.59. The molecule has 1 aliphatic carbocycles. The smallest absolute Gasteiger partial charge is 0.373 e. The van der Waals surface area contributed by atoms with E-state index >= 15 is 0 Å². The molecule has 4 heterocycles. The van der Waals surface area contributed by atoms with E-state index in [1.54, 1.807) is 18.2 Å². The van der Waals surface area contributed by atoms with Gasteiger partial charge in [-0.15, -0.1) is 0 Å². The molecule has 48 heavy (non-hydrogen) atoms. The number of rotatable bonds is 10. The number of aryl methyl sites for hydroxylation is 2. The summed E-state index contributed by atoms with van der Waals surface area (Å²) < 4.78 is 41.6. The minimum atomic E-state index is -4.23. The molecule has 3 saturated heterocycles. The highest BCUT2D eigenvalue weighted by atomic mass is 19.4. The molecular formula is C38H50F3N7. The lowest BCUT2D eigenvalue weighted by molar-refractivity contribution is -0.126. The second kappa shape index (κ2) is 14.6. The second-order valence-electron chi connectivity index (χ2n) is 14.2. The molecule has 0 atom stereocenters. The van der Waals surface area contributed by atoms with Crippen molar-refractivity contribution >= 4 is 16.6 Å². The second-order valence-corrected chi connectivity index (χ2v) is 14.2. The summed E-state index contributed by atoms with van der Waals surface area (Å²) >= 11 is 0. The average molecular weight is 662 g/mol.